The van der Waals surface area contributed by atoms with Crippen molar-refractivity contribution in [3.8, 4) is 11.5 Å². The van der Waals surface area contributed by atoms with Crippen molar-refractivity contribution in [3.05, 3.63) is 40.6 Å². The Morgan fingerprint density at radius 3 is 2.62 bits per heavy atom. The second-order valence-corrected chi connectivity index (χ2v) is 6.57. The van der Waals surface area contributed by atoms with Crippen LogP contribution < -0.4 is 14.8 Å². The third-order valence-electron chi connectivity index (χ3n) is 4.44. The van der Waals surface area contributed by atoms with Crippen LogP contribution in [0, 0.1) is 0 Å². The number of nitrogens with zero attached hydrogens (tertiary/aromatic N) is 1. The summed E-state index contributed by atoms with van der Waals surface area (Å²) in [5.41, 5.74) is 2.02. The maximum Gasteiger partial charge on any atom is 0.321 e. The van der Waals surface area contributed by atoms with Gasteiger partial charge >= 0.3 is 6.03 Å². The van der Waals surface area contributed by atoms with Crippen molar-refractivity contribution in [2.24, 2.45) is 0 Å². The Balaban J connectivity index is 1.62. The van der Waals surface area contributed by atoms with Gasteiger partial charge < -0.3 is 19.7 Å². The number of amides is 2. The maximum atomic E-state index is 12.5. The van der Waals surface area contributed by atoms with Crippen LogP contribution in [0.4, 0.5) is 10.5 Å². The van der Waals surface area contributed by atoms with Crippen LogP contribution in [-0.2, 0) is 0 Å². The van der Waals surface area contributed by atoms with Crippen LogP contribution in [0.2, 0.25) is 0 Å². The minimum atomic E-state index is -0.0923. The Hall–Kier alpha value is -2.21. The Kier molecular flexibility index (Phi) is 5.25. The number of thiophene rings is 1. The number of rotatable bonds is 4. The van der Waals surface area contributed by atoms with Gasteiger partial charge in [0.05, 0.1) is 19.9 Å². The molecule has 1 fully saturated rings. The van der Waals surface area contributed by atoms with Gasteiger partial charge in [0, 0.05) is 13.1 Å². The van der Waals surface area contributed by atoms with Gasteiger partial charge in [-0.15, -0.1) is 0 Å². The first-order valence-corrected chi connectivity index (χ1v) is 8.96. The van der Waals surface area contributed by atoms with Gasteiger partial charge in [-0.25, -0.2) is 4.79 Å². The van der Waals surface area contributed by atoms with Crippen molar-refractivity contribution in [1.82, 2.24) is 4.90 Å². The molecule has 1 aliphatic rings. The zero-order valence-electron chi connectivity index (χ0n) is 14.0. The van der Waals surface area contributed by atoms with Gasteiger partial charge in [0.15, 0.2) is 11.5 Å². The number of nitrogens with one attached hydrogen (secondary N) is 1. The molecular formula is C18H22N2O3S. The van der Waals surface area contributed by atoms with Gasteiger partial charge in [-0.3, -0.25) is 0 Å². The van der Waals surface area contributed by atoms with Crippen LogP contribution in [0.1, 0.15) is 24.3 Å². The molecule has 2 heterocycles. The number of carbonyl (C=O) groups is 1. The first kappa shape index (κ1) is 16.6. The summed E-state index contributed by atoms with van der Waals surface area (Å²) in [6.45, 7) is 1.53. The van der Waals surface area contributed by atoms with Crippen molar-refractivity contribution in [2.75, 3.05) is 32.6 Å². The highest BCUT2D eigenvalue weighted by molar-refractivity contribution is 7.07. The number of carbonyl (C=O) groups excluding carboxylic acids is 1. The van der Waals surface area contributed by atoms with Gasteiger partial charge in [-0.1, -0.05) is 6.07 Å². The zero-order valence-corrected chi connectivity index (χ0v) is 14.8. The number of hydrogen-bond acceptors (Lipinski definition) is 4. The molecule has 0 atom stereocenters. The smallest absolute Gasteiger partial charge is 0.321 e. The van der Waals surface area contributed by atoms with E-state index < -0.39 is 0 Å². The van der Waals surface area contributed by atoms with Crippen LogP contribution >= 0.6 is 11.3 Å². The summed E-state index contributed by atoms with van der Waals surface area (Å²) < 4.78 is 10.6. The Labute approximate surface area is 146 Å². The predicted molar refractivity (Wildman–Crippen MR) is 96.4 cm³/mol. The number of ether oxygens (including phenoxy) is 2. The third kappa shape index (κ3) is 3.48. The minimum Gasteiger partial charge on any atom is -0.493 e. The van der Waals surface area contributed by atoms with E-state index in [0.717, 1.165) is 25.9 Å². The maximum absolute atomic E-state index is 12.5. The molecule has 1 aliphatic heterocycles. The average Bonchev–Trinajstić information content (AvgIpc) is 3.16. The van der Waals surface area contributed by atoms with E-state index in [1.165, 1.54) is 5.56 Å². The van der Waals surface area contributed by atoms with Crippen LogP contribution in [0.3, 0.4) is 0 Å². The molecule has 0 aliphatic carbocycles. The SMILES string of the molecule is COc1cccc(NC(=O)N2CCC(c3ccsc3)CC2)c1OC. The fourth-order valence-corrected chi connectivity index (χ4v) is 3.85. The fraction of sp³-hybridized carbons (Fsp3) is 0.389. The monoisotopic (exact) mass is 346 g/mol. The summed E-state index contributed by atoms with van der Waals surface area (Å²) in [6, 6.07) is 7.55. The molecule has 6 heteroatoms. The number of anilines is 1. The van der Waals surface area contributed by atoms with Gasteiger partial charge in [0.1, 0.15) is 0 Å². The van der Waals surface area contributed by atoms with Crippen LogP contribution in [-0.4, -0.2) is 38.2 Å². The molecule has 2 aromatic rings. The molecule has 128 valence electrons. The van der Waals surface area contributed by atoms with E-state index in [0.29, 0.717) is 23.1 Å². The fourth-order valence-electron chi connectivity index (χ4n) is 3.10. The van der Waals surface area contributed by atoms with E-state index >= 15 is 0 Å². The Morgan fingerprint density at radius 2 is 2.00 bits per heavy atom. The number of benzene rings is 1. The third-order valence-corrected chi connectivity index (χ3v) is 5.14. The van der Waals surface area contributed by atoms with Crippen molar-refractivity contribution in [3.63, 3.8) is 0 Å². The molecule has 24 heavy (non-hydrogen) atoms. The number of piperidine rings is 1. The van der Waals surface area contributed by atoms with E-state index in [9.17, 15) is 4.79 Å². The van der Waals surface area contributed by atoms with E-state index in [1.54, 1.807) is 31.6 Å². The summed E-state index contributed by atoms with van der Waals surface area (Å²) in [7, 11) is 3.15. The minimum absolute atomic E-state index is 0.0923. The quantitative estimate of drug-likeness (QED) is 0.904. The summed E-state index contributed by atoms with van der Waals surface area (Å²) >= 11 is 1.73. The highest BCUT2D eigenvalue weighted by Crippen LogP contribution is 2.35. The van der Waals surface area contributed by atoms with E-state index in [-0.39, 0.29) is 6.03 Å². The van der Waals surface area contributed by atoms with Gasteiger partial charge in [-0.2, -0.15) is 11.3 Å². The average molecular weight is 346 g/mol. The molecule has 1 aromatic carbocycles. The van der Waals surface area contributed by atoms with Gasteiger partial charge in [-0.05, 0) is 53.3 Å². The van der Waals surface area contributed by atoms with Crippen LogP contribution in [0.25, 0.3) is 0 Å². The first-order valence-electron chi connectivity index (χ1n) is 8.02. The molecule has 0 bridgehead atoms. The Bertz CT molecular complexity index is 680. The molecule has 1 aromatic heterocycles. The summed E-state index contributed by atoms with van der Waals surface area (Å²) in [6.07, 6.45) is 2.00. The highest BCUT2D eigenvalue weighted by Gasteiger charge is 2.24. The Morgan fingerprint density at radius 1 is 1.21 bits per heavy atom. The predicted octanol–water partition coefficient (Wildman–Crippen LogP) is 4.18. The van der Waals surface area contributed by atoms with E-state index in [2.05, 4.69) is 22.1 Å². The summed E-state index contributed by atoms with van der Waals surface area (Å²) in [5, 5.41) is 7.26. The lowest BCUT2D eigenvalue weighted by Crippen LogP contribution is -2.40. The van der Waals surface area contributed by atoms with Crippen molar-refractivity contribution in [2.45, 2.75) is 18.8 Å². The lowest BCUT2D eigenvalue weighted by molar-refractivity contribution is 0.194. The molecule has 3 rings (SSSR count). The molecule has 0 spiro atoms. The van der Waals surface area contributed by atoms with Crippen molar-refractivity contribution in [1.29, 1.82) is 0 Å². The zero-order chi connectivity index (χ0) is 16.9. The number of para-hydroxylation sites is 1. The molecule has 5 nitrogen and oxygen atoms in total. The van der Waals surface area contributed by atoms with E-state index in [1.807, 2.05) is 17.0 Å². The van der Waals surface area contributed by atoms with Gasteiger partial charge in [0.25, 0.3) is 0 Å². The molecule has 1 N–H and O–H groups in total. The second kappa shape index (κ2) is 7.57. The lowest BCUT2D eigenvalue weighted by Gasteiger charge is -2.32. The molecular weight excluding hydrogens is 324 g/mol. The second-order valence-electron chi connectivity index (χ2n) is 5.79. The normalized spacial score (nSPS) is 15.2. The summed E-state index contributed by atoms with van der Waals surface area (Å²) in [5.74, 6) is 1.71. The number of likely N-dealkylation sites (tertiary alicyclic amines) is 1. The molecule has 2 amide bonds. The largest absolute Gasteiger partial charge is 0.493 e. The highest BCUT2D eigenvalue weighted by atomic mass is 32.1. The summed E-state index contributed by atoms with van der Waals surface area (Å²) in [4.78, 5) is 14.4. The first-order chi connectivity index (χ1) is 11.7. The number of urea groups is 1. The molecule has 0 saturated carbocycles. The van der Waals surface area contributed by atoms with Gasteiger partial charge in [0.2, 0.25) is 0 Å². The standard InChI is InChI=1S/C18H22N2O3S/c1-22-16-5-3-4-15(17(16)23-2)19-18(21)20-9-6-13(7-10-20)14-8-11-24-12-14/h3-5,8,11-13H,6-7,9-10H2,1-2H3,(H,19,21). The van der Waals surface area contributed by atoms with Crippen molar-refractivity contribution < 1.29 is 14.3 Å². The molecule has 0 unspecified atom stereocenters. The number of hydrogen-bond donors (Lipinski definition) is 1. The molecule has 0 radical (unpaired) electrons. The van der Waals surface area contributed by atoms with Crippen LogP contribution in [0.5, 0.6) is 11.5 Å². The lowest BCUT2D eigenvalue weighted by atomic mass is 9.91. The molecule has 1 saturated heterocycles. The van der Waals surface area contributed by atoms with E-state index in [4.69, 9.17) is 9.47 Å². The van der Waals surface area contributed by atoms with Crippen LogP contribution in [0.15, 0.2) is 35.0 Å². The number of methoxy groups -OCH3 is 2. The van der Waals surface area contributed by atoms with Crippen molar-refractivity contribution >= 4 is 23.1 Å². The topological polar surface area (TPSA) is 50.8 Å².